The van der Waals surface area contributed by atoms with Crippen molar-refractivity contribution in [3.63, 3.8) is 0 Å². The van der Waals surface area contributed by atoms with Crippen LogP contribution in [0, 0.1) is 0 Å². The molecule has 0 rings (SSSR count). The summed E-state index contributed by atoms with van der Waals surface area (Å²) in [4.78, 5) is 15.5. The Balaban J connectivity index is 5.03. The molecule has 0 saturated carbocycles. The number of ketones is 1. The summed E-state index contributed by atoms with van der Waals surface area (Å²) in [5.74, 6) is 0.158. The number of nitrogens with zero attached hydrogens (tertiary/aromatic N) is 1. The van der Waals surface area contributed by atoms with Crippen LogP contribution in [0.4, 0.5) is 0 Å². The summed E-state index contributed by atoms with van der Waals surface area (Å²) in [6.07, 6.45) is 9.71. The Morgan fingerprint density at radius 3 is 2.50 bits per heavy atom. The van der Waals surface area contributed by atoms with Gasteiger partial charge in [-0.1, -0.05) is 25.7 Å². The van der Waals surface area contributed by atoms with Gasteiger partial charge in [0.1, 0.15) is 5.78 Å². The number of nitrogens with two attached hydrogens (primary N) is 1. The summed E-state index contributed by atoms with van der Waals surface area (Å²) < 4.78 is 0. The van der Waals surface area contributed by atoms with Gasteiger partial charge >= 0.3 is 0 Å². The van der Waals surface area contributed by atoms with Crippen LogP contribution in [0.5, 0.6) is 0 Å². The van der Waals surface area contributed by atoms with Crippen molar-refractivity contribution in [2.24, 2.45) is 10.7 Å². The largest absolute Gasteiger partial charge is 0.405 e. The highest BCUT2D eigenvalue weighted by molar-refractivity contribution is 5.83. The highest BCUT2D eigenvalue weighted by Gasteiger charge is 2.02. The number of aliphatic imine (C=N–C) groups is 1. The molecule has 0 bridgehead atoms. The third kappa shape index (κ3) is 6.63. The van der Waals surface area contributed by atoms with Gasteiger partial charge in [-0.15, -0.1) is 0 Å². The lowest BCUT2D eigenvalue weighted by atomic mass is 10.1. The smallest absolute Gasteiger partial charge is 0.133 e. The van der Waals surface area contributed by atoms with Gasteiger partial charge in [-0.05, 0) is 43.7 Å². The number of carbonyl (C=O) groups is 1. The van der Waals surface area contributed by atoms with E-state index >= 15 is 0 Å². The average molecular weight is 246 g/mol. The minimum absolute atomic E-state index is 0.158. The molecule has 0 heterocycles. The predicted octanol–water partition coefficient (Wildman–Crippen LogP) is 3.31. The molecule has 0 aliphatic carbocycles. The molecule has 0 aliphatic heterocycles. The average Bonchev–Trinajstić information content (AvgIpc) is 2.33. The van der Waals surface area contributed by atoms with E-state index in [4.69, 9.17) is 5.73 Å². The van der Waals surface area contributed by atoms with Crippen LogP contribution in [0.2, 0.25) is 0 Å². The third-order valence-corrected chi connectivity index (χ3v) is 2.41. The summed E-state index contributed by atoms with van der Waals surface area (Å²) in [6, 6.07) is 0. The third-order valence-electron chi connectivity index (χ3n) is 2.41. The molecule has 0 radical (unpaired) electrons. The Morgan fingerprint density at radius 2 is 2.06 bits per heavy atom. The summed E-state index contributed by atoms with van der Waals surface area (Å²) in [5.41, 5.74) is 8.16. The van der Waals surface area contributed by atoms with Crippen LogP contribution >= 0.6 is 0 Å². The summed E-state index contributed by atoms with van der Waals surface area (Å²) in [5, 5.41) is 0. The summed E-state index contributed by atoms with van der Waals surface area (Å²) in [6.45, 7) is 9.16. The Hall–Kier alpha value is -1.90. The second kappa shape index (κ2) is 9.16. The first-order valence-electron chi connectivity index (χ1n) is 5.98. The van der Waals surface area contributed by atoms with Gasteiger partial charge in [-0.2, -0.15) is 0 Å². The highest BCUT2D eigenvalue weighted by atomic mass is 16.1. The van der Waals surface area contributed by atoms with E-state index in [0.29, 0.717) is 6.42 Å². The van der Waals surface area contributed by atoms with Crippen molar-refractivity contribution in [1.29, 1.82) is 0 Å². The van der Waals surface area contributed by atoms with E-state index in [1.54, 1.807) is 25.3 Å². The molecule has 0 fully saturated rings. The number of Topliss-reactive ketones (excluding diaryl/α,β-unsaturated/α-hetero) is 1. The topological polar surface area (TPSA) is 55.4 Å². The van der Waals surface area contributed by atoms with Crippen molar-refractivity contribution < 1.29 is 4.79 Å². The zero-order valence-corrected chi connectivity index (χ0v) is 11.4. The maximum absolute atomic E-state index is 11.1. The standard InChI is InChI=1S/C15H22N2O/c1-5-7-14(8-9-16)11-17-13(4)15(6-2)10-12(3)18/h5,7-9,11H,1,6,10,16H2,2-4H3/b9-8-,14-7+,15-13-,17-11+. The molecule has 0 amide bonds. The maximum atomic E-state index is 11.1. The van der Waals surface area contributed by atoms with E-state index in [2.05, 4.69) is 11.6 Å². The molecule has 0 aromatic rings. The fourth-order valence-electron chi connectivity index (χ4n) is 1.46. The van der Waals surface area contributed by atoms with Crippen LogP contribution in [0.25, 0.3) is 0 Å². The Labute approximate surface area is 109 Å². The van der Waals surface area contributed by atoms with Gasteiger partial charge in [0.2, 0.25) is 0 Å². The minimum Gasteiger partial charge on any atom is -0.405 e. The molecular weight excluding hydrogens is 224 g/mol. The molecule has 3 heteroatoms. The number of rotatable bonds is 7. The predicted molar refractivity (Wildman–Crippen MR) is 78.4 cm³/mol. The zero-order valence-electron chi connectivity index (χ0n) is 11.4. The fraction of sp³-hybridized carbons (Fsp3) is 0.333. The molecule has 0 aliphatic rings. The second-order valence-corrected chi connectivity index (χ2v) is 3.94. The first-order valence-corrected chi connectivity index (χ1v) is 5.98. The van der Waals surface area contributed by atoms with Gasteiger partial charge in [-0.25, -0.2) is 0 Å². The number of carbonyl (C=O) groups excluding carboxylic acids is 1. The number of allylic oxidation sites excluding steroid dienone is 6. The first-order chi connectivity index (χ1) is 8.54. The van der Waals surface area contributed by atoms with Crippen molar-refractivity contribution in [2.45, 2.75) is 33.6 Å². The van der Waals surface area contributed by atoms with Crippen LogP contribution in [0.1, 0.15) is 33.6 Å². The van der Waals surface area contributed by atoms with Gasteiger partial charge < -0.3 is 5.73 Å². The lowest BCUT2D eigenvalue weighted by molar-refractivity contribution is -0.116. The maximum Gasteiger partial charge on any atom is 0.133 e. The van der Waals surface area contributed by atoms with E-state index in [1.807, 2.05) is 19.9 Å². The van der Waals surface area contributed by atoms with Crippen molar-refractivity contribution >= 4 is 12.0 Å². The number of hydrogen-bond acceptors (Lipinski definition) is 3. The van der Waals surface area contributed by atoms with Crippen LogP contribution in [0.15, 0.2) is 52.8 Å². The lowest BCUT2D eigenvalue weighted by Gasteiger charge is -2.04. The van der Waals surface area contributed by atoms with Crippen LogP contribution < -0.4 is 5.73 Å². The van der Waals surface area contributed by atoms with Crippen molar-refractivity contribution in [3.05, 3.63) is 47.9 Å². The molecule has 0 saturated heterocycles. The van der Waals surface area contributed by atoms with Crippen molar-refractivity contribution in [3.8, 4) is 0 Å². The second-order valence-electron chi connectivity index (χ2n) is 3.94. The molecule has 0 aromatic heterocycles. The minimum atomic E-state index is 0.158. The van der Waals surface area contributed by atoms with Crippen molar-refractivity contribution in [2.75, 3.05) is 0 Å². The molecule has 3 nitrogen and oxygen atoms in total. The van der Waals surface area contributed by atoms with Gasteiger partial charge in [0.05, 0.1) is 0 Å². The summed E-state index contributed by atoms with van der Waals surface area (Å²) in [7, 11) is 0. The number of hydrogen-bond donors (Lipinski definition) is 1. The highest BCUT2D eigenvalue weighted by Crippen LogP contribution is 2.14. The van der Waals surface area contributed by atoms with Crippen LogP contribution in [-0.2, 0) is 4.79 Å². The molecule has 98 valence electrons. The van der Waals surface area contributed by atoms with Crippen LogP contribution in [0.3, 0.4) is 0 Å². The first kappa shape index (κ1) is 16.1. The normalized spacial score (nSPS) is 14.1. The van der Waals surface area contributed by atoms with E-state index in [0.717, 1.165) is 23.3 Å². The van der Waals surface area contributed by atoms with E-state index < -0.39 is 0 Å². The quantitative estimate of drug-likeness (QED) is 0.553. The molecule has 0 aromatic carbocycles. The Morgan fingerprint density at radius 1 is 1.39 bits per heavy atom. The van der Waals surface area contributed by atoms with Gasteiger partial charge in [-0.3, -0.25) is 9.79 Å². The zero-order chi connectivity index (χ0) is 14.0. The summed E-state index contributed by atoms with van der Waals surface area (Å²) >= 11 is 0. The van der Waals surface area contributed by atoms with E-state index in [9.17, 15) is 4.79 Å². The van der Waals surface area contributed by atoms with E-state index in [-0.39, 0.29) is 5.78 Å². The molecule has 18 heavy (non-hydrogen) atoms. The monoisotopic (exact) mass is 246 g/mol. The molecule has 0 unspecified atom stereocenters. The molecular formula is C15H22N2O. The van der Waals surface area contributed by atoms with Crippen molar-refractivity contribution in [1.82, 2.24) is 0 Å². The van der Waals surface area contributed by atoms with Gasteiger partial charge in [0, 0.05) is 18.3 Å². The molecule has 2 N–H and O–H groups in total. The van der Waals surface area contributed by atoms with E-state index in [1.165, 1.54) is 6.20 Å². The van der Waals surface area contributed by atoms with Gasteiger partial charge in [0.15, 0.2) is 0 Å². The molecule has 0 atom stereocenters. The fourth-order valence-corrected chi connectivity index (χ4v) is 1.46. The Bertz CT molecular complexity index is 412. The Kier molecular flexibility index (Phi) is 8.20. The van der Waals surface area contributed by atoms with Gasteiger partial charge in [0.25, 0.3) is 0 Å². The molecule has 0 spiro atoms. The lowest BCUT2D eigenvalue weighted by Crippen LogP contribution is -1.95. The van der Waals surface area contributed by atoms with Crippen LogP contribution in [-0.4, -0.2) is 12.0 Å². The SMILES string of the molecule is C=C/C=C(\C=C/N)/C=N/C(C)=C(/CC)CC(C)=O.